The molecule has 138 valence electrons. The summed E-state index contributed by atoms with van der Waals surface area (Å²) in [5.41, 5.74) is 2.16. The van der Waals surface area contributed by atoms with Crippen molar-refractivity contribution in [1.29, 1.82) is 0 Å². The first-order valence-electron chi connectivity index (χ1n) is 8.77. The molecule has 2 heterocycles. The van der Waals surface area contributed by atoms with Crippen LogP contribution in [-0.2, 0) is 0 Å². The van der Waals surface area contributed by atoms with Crippen molar-refractivity contribution in [3.8, 4) is 0 Å². The molecule has 0 aliphatic carbocycles. The smallest absolute Gasteiger partial charge is 0.349 e. The number of carbonyl (C=O) groups is 1. The number of nitrogens with zero attached hydrogens (tertiary/aromatic N) is 2. The van der Waals surface area contributed by atoms with Gasteiger partial charge in [0.15, 0.2) is 0 Å². The molecule has 5 nitrogen and oxygen atoms in total. The molecular formula is C21H20N2O3S. The third-order valence-electron chi connectivity index (χ3n) is 4.72. The maximum absolute atomic E-state index is 13.1. The highest BCUT2D eigenvalue weighted by molar-refractivity contribution is 7.99. The third kappa shape index (κ3) is 3.32. The maximum Gasteiger partial charge on any atom is 0.349 e. The van der Waals surface area contributed by atoms with Gasteiger partial charge in [-0.3, -0.25) is 4.79 Å². The summed E-state index contributed by atoms with van der Waals surface area (Å²) in [6, 6.07) is 17.0. The van der Waals surface area contributed by atoms with E-state index in [9.17, 15) is 9.59 Å². The van der Waals surface area contributed by atoms with Crippen LogP contribution in [-0.4, -0.2) is 37.2 Å². The summed E-state index contributed by atoms with van der Waals surface area (Å²) in [6.45, 7) is 0.607. The van der Waals surface area contributed by atoms with E-state index in [1.54, 1.807) is 34.9 Å². The number of benzene rings is 2. The molecule has 1 saturated heterocycles. The maximum atomic E-state index is 13.1. The number of hydrogen-bond donors (Lipinski definition) is 0. The van der Waals surface area contributed by atoms with Gasteiger partial charge in [0.25, 0.3) is 5.91 Å². The highest BCUT2D eigenvalue weighted by atomic mass is 32.2. The first-order chi connectivity index (χ1) is 13.0. The van der Waals surface area contributed by atoms with Gasteiger partial charge in [-0.05, 0) is 29.8 Å². The van der Waals surface area contributed by atoms with Gasteiger partial charge in [0.1, 0.15) is 16.5 Å². The van der Waals surface area contributed by atoms with E-state index in [2.05, 4.69) is 0 Å². The quantitative estimate of drug-likeness (QED) is 0.648. The van der Waals surface area contributed by atoms with Crippen LogP contribution in [0.2, 0.25) is 0 Å². The van der Waals surface area contributed by atoms with Gasteiger partial charge < -0.3 is 14.2 Å². The molecule has 4 rings (SSSR count). The van der Waals surface area contributed by atoms with Crippen molar-refractivity contribution in [2.45, 2.75) is 5.37 Å². The Bertz CT molecular complexity index is 1040. The Morgan fingerprint density at radius 1 is 1.15 bits per heavy atom. The summed E-state index contributed by atoms with van der Waals surface area (Å²) in [5.74, 6) is 0.561. The molecule has 1 aromatic heterocycles. The van der Waals surface area contributed by atoms with Crippen LogP contribution < -0.4 is 10.5 Å². The number of carbonyl (C=O) groups excluding carboxylic acids is 1. The summed E-state index contributed by atoms with van der Waals surface area (Å²) in [5, 5.41) is 0.652. The van der Waals surface area contributed by atoms with Crippen LogP contribution in [0.25, 0.3) is 11.0 Å². The van der Waals surface area contributed by atoms with Crippen LogP contribution in [0.3, 0.4) is 0 Å². The minimum absolute atomic E-state index is 0.0890. The van der Waals surface area contributed by atoms with Gasteiger partial charge in [0.2, 0.25) is 0 Å². The number of rotatable bonds is 3. The van der Waals surface area contributed by atoms with Gasteiger partial charge in [0.05, 0.1) is 0 Å². The Hall–Kier alpha value is -2.73. The fourth-order valence-electron chi connectivity index (χ4n) is 3.26. The van der Waals surface area contributed by atoms with Crippen LogP contribution in [0.15, 0.2) is 63.8 Å². The Morgan fingerprint density at radius 2 is 1.89 bits per heavy atom. The Labute approximate surface area is 161 Å². The number of hydrogen-bond acceptors (Lipinski definition) is 5. The minimum atomic E-state index is -0.586. The molecule has 6 heteroatoms. The molecule has 3 aromatic rings. The average Bonchev–Trinajstić information content (AvgIpc) is 3.16. The molecule has 1 unspecified atom stereocenters. The Kier molecular flexibility index (Phi) is 4.66. The van der Waals surface area contributed by atoms with E-state index in [0.29, 0.717) is 12.1 Å². The lowest BCUT2D eigenvalue weighted by molar-refractivity contribution is 0.0756. The van der Waals surface area contributed by atoms with Gasteiger partial charge in [-0.15, -0.1) is 11.8 Å². The molecule has 0 radical (unpaired) electrons. The van der Waals surface area contributed by atoms with Crippen molar-refractivity contribution in [3.63, 3.8) is 0 Å². The van der Waals surface area contributed by atoms with E-state index in [4.69, 9.17) is 4.42 Å². The minimum Gasteiger partial charge on any atom is -0.422 e. The molecule has 0 N–H and O–H groups in total. The summed E-state index contributed by atoms with van der Waals surface area (Å²) in [7, 11) is 3.99. The van der Waals surface area contributed by atoms with E-state index >= 15 is 0 Å². The van der Waals surface area contributed by atoms with Crippen molar-refractivity contribution in [3.05, 3.63) is 76.1 Å². The predicted octanol–water partition coefficient (Wildman–Crippen LogP) is 3.75. The molecule has 0 bridgehead atoms. The van der Waals surface area contributed by atoms with Crippen molar-refractivity contribution in [1.82, 2.24) is 4.90 Å². The fourth-order valence-corrected chi connectivity index (χ4v) is 4.51. The predicted molar refractivity (Wildman–Crippen MR) is 109 cm³/mol. The molecule has 1 atom stereocenters. The van der Waals surface area contributed by atoms with Crippen LogP contribution in [0, 0.1) is 0 Å². The van der Waals surface area contributed by atoms with Gasteiger partial charge >= 0.3 is 5.63 Å². The average molecular weight is 380 g/mol. The monoisotopic (exact) mass is 380 g/mol. The molecule has 27 heavy (non-hydrogen) atoms. The largest absolute Gasteiger partial charge is 0.422 e. The number of amides is 1. The van der Waals surface area contributed by atoms with Gasteiger partial charge in [-0.2, -0.15) is 0 Å². The molecule has 1 aliphatic rings. The highest BCUT2D eigenvalue weighted by Crippen LogP contribution is 2.39. The SMILES string of the molecule is CN(C)c1ccc(C2SCCN2C(=O)c2cc3ccccc3oc2=O)cc1. The molecule has 1 amide bonds. The van der Waals surface area contributed by atoms with E-state index in [1.165, 1.54) is 0 Å². The van der Waals surface area contributed by atoms with Crippen molar-refractivity contribution in [2.75, 3.05) is 31.3 Å². The molecule has 1 aliphatic heterocycles. The standard InChI is InChI=1S/C21H20N2O3S/c1-22(2)16-9-7-14(8-10-16)20-23(11-12-27-20)19(24)17-13-15-5-3-4-6-18(15)26-21(17)25/h3-10,13,20H,11-12H2,1-2H3. The van der Waals surface area contributed by atoms with Gasteiger partial charge in [-0.1, -0.05) is 30.3 Å². The van der Waals surface area contributed by atoms with Crippen LogP contribution in [0.5, 0.6) is 0 Å². The highest BCUT2D eigenvalue weighted by Gasteiger charge is 2.32. The van der Waals surface area contributed by atoms with E-state index in [-0.39, 0.29) is 16.8 Å². The summed E-state index contributed by atoms with van der Waals surface area (Å²) in [4.78, 5) is 29.3. The zero-order valence-corrected chi connectivity index (χ0v) is 16.0. The first kappa shape index (κ1) is 17.7. The number of fused-ring (bicyclic) bond motifs is 1. The lowest BCUT2D eigenvalue weighted by Crippen LogP contribution is -2.33. The second-order valence-electron chi connectivity index (χ2n) is 6.69. The normalized spacial score (nSPS) is 16.7. The Morgan fingerprint density at radius 3 is 2.63 bits per heavy atom. The first-order valence-corrected chi connectivity index (χ1v) is 9.82. The molecule has 1 fully saturated rings. The summed E-state index contributed by atoms with van der Waals surface area (Å²) >= 11 is 1.71. The van der Waals surface area contributed by atoms with Crippen LogP contribution in [0.1, 0.15) is 21.3 Å². The van der Waals surface area contributed by atoms with Crippen molar-refractivity contribution >= 4 is 34.3 Å². The van der Waals surface area contributed by atoms with E-state index in [0.717, 1.165) is 22.4 Å². The lowest BCUT2D eigenvalue weighted by Gasteiger charge is -2.24. The molecule has 2 aromatic carbocycles. The van der Waals surface area contributed by atoms with Crippen molar-refractivity contribution in [2.24, 2.45) is 0 Å². The second kappa shape index (κ2) is 7.12. The van der Waals surface area contributed by atoms with Crippen LogP contribution in [0.4, 0.5) is 5.69 Å². The lowest BCUT2D eigenvalue weighted by atomic mass is 10.1. The van der Waals surface area contributed by atoms with Crippen molar-refractivity contribution < 1.29 is 9.21 Å². The molecule has 0 spiro atoms. The topological polar surface area (TPSA) is 53.8 Å². The summed E-state index contributed by atoms with van der Waals surface area (Å²) < 4.78 is 5.34. The number of anilines is 1. The third-order valence-corrected chi connectivity index (χ3v) is 5.98. The van der Waals surface area contributed by atoms with E-state index < -0.39 is 5.63 Å². The molecular weight excluding hydrogens is 360 g/mol. The Balaban J connectivity index is 1.66. The second-order valence-corrected chi connectivity index (χ2v) is 7.88. The number of para-hydroxylation sites is 1. The zero-order valence-electron chi connectivity index (χ0n) is 15.2. The fraction of sp³-hybridized carbons (Fsp3) is 0.238. The number of thioether (sulfide) groups is 1. The van der Waals surface area contributed by atoms with Gasteiger partial charge in [0, 0.05) is 37.5 Å². The van der Waals surface area contributed by atoms with Gasteiger partial charge in [-0.25, -0.2) is 4.79 Å². The van der Waals surface area contributed by atoms with Crippen LogP contribution >= 0.6 is 11.8 Å². The summed E-state index contributed by atoms with van der Waals surface area (Å²) in [6.07, 6.45) is 0. The van der Waals surface area contributed by atoms with E-state index in [1.807, 2.05) is 55.4 Å². The molecule has 0 saturated carbocycles. The zero-order chi connectivity index (χ0) is 19.0.